The maximum atomic E-state index is 11.3. The Hall–Kier alpha value is -2.62. The normalized spacial score (nSPS) is 12.5. The van der Waals surface area contributed by atoms with E-state index in [1.807, 2.05) is 24.3 Å². The van der Waals surface area contributed by atoms with Crippen molar-refractivity contribution in [2.24, 2.45) is 5.73 Å². The van der Waals surface area contributed by atoms with Crippen LogP contribution in [0.3, 0.4) is 0 Å². The standard InChI is InChI=1S/C16H16N2O2/c1-11(16(19)20-2)7-8-15(17)14-10-18-9-12-5-3-4-6-13(12)14/h3-10H,17H2,1-2H3/b11-7+,15-8-. The minimum atomic E-state index is -0.370. The molecule has 0 saturated heterocycles. The number of ether oxygens (including phenoxy) is 1. The predicted octanol–water partition coefficient (Wildman–Crippen LogP) is 2.65. The molecule has 0 aliphatic heterocycles. The summed E-state index contributed by atoms with van der Waals surface area (Å²) in [6.45, 7) is 1.68. The fourth-order valence-electron chi connectivity index (χ4n) is 1.88. The molecule has 20 heavy (non-hydrogen) atoms. The van der Waals surface area contributed by atoms with Crippen LogP contribution in [0.4, 0.5) is 0 Å². The second-order valence-corrected chi connectivity index (χ2v) is 4.37. The number of nitrogens with zero attached hydrogens (tertiary/aromatic N) is 1. The lowest BCUT2D eigenvalue weighted by atomic mass is 10.1. The highest BCUT2D eigenvalue weighted by Gasteiger charge is 2.04. The summed E-state index contributed by atoms with van der Waals surface area (Å²) in [5, 5.41) is 2.05. The molecule has 4 nitrogen and oxygen atoms in total. The van der Waals surface area contributed by atoms with E-state index in [1.54, 1.807) is 31.5 Å². The monoisotopic (exact) mass is 268 g/mol. The molecular formula is C16H16N2O2. The molecule has 2 N–H and O–H groups in total. The van der Waals surface area contributed by atoms with Gasteiger partial charge in [-0.1, -0.05) is 30.3 Å². The van der Waals surface area contributed by atoms with Gasteiger partial charge in [-0.15, -0.1) is 0 Å². The van der Waals surface area contributed by atoms with E-state index < -0.39 is 0 Å². The molecule has 0 radical (unpaired) electrons. The van der Waals surface area contributed by atoms with E-state index in [0.717, 1.165) is 16.3 Å². The Morgan fingerprint density at radius 2 is 2.00 bits per heavy atom. The van der Waals surface area contributed by atoms with Gasteiger partial charge < -0.3 is 10.5 Å². The van der Waals surface area contributed by atoms with Crippen molar-refractivity contribution in [3.05, 3.63) is 59.9 Å². The molecule has 0 aliphatic rings. The Morgan fingerprint density at radius 1 is 1.25 bits per heavy atom. The van der Waals surface area contributed by atoms with Crippen LogP contribution < -0.4 is 5.73 Å². The quantitative estimate of drug-likeness (QED) is 0.528. The molecule has 102 valence electrons. The molecule has 0 fully saturated rings. The van der Waals surface area contributed by atoms with Crippen LogP contribution in [-0.4, -0.2) is 18.1 Å². The van der Waals surface area contributed by atoms with Gasteiger partial charge in [-0.05, 0) is 18.4 Å². The van der Waals surface area contributed by atoms with E-state index in [4.69, 9.17) is 5.73 Å². The minimum absolute atomic E-state index is 0.370. The zero-order valence-electron chi connectivity index (χ0n) is 11.5. The van der Waals surface area contributed by atoms with Gasteiger partial charge in [0.2, 0.25) is 0 Å². The number of hydrogen-bond acceptors (Lipinski definition) is 4. The van der Waals surface area contributed by atoms with Gasteiger partial charge in [0.05, 0.1) is 7.11 Å². The number of methoxy groups -OCH3 is 1. The molecule has 0 aliphatic carbocycles. The van der Waals surface area contributed by atoms with E-state index in [-0.39, 0.29) is 5.97 Å². The summed E-state index contributed by atoms with van der Waals surface area (Å²) in [7, 11) is 1.35. The van der Waals surface area contributed by atoms with Gasteiger partial charge in [0.25, 0.3) is 0 Å². The Labute approximate surface area is 117 Å². The second-order valence-electron chi connectivity index (χ2n) is 4.37. The lowest BCUT2D eigenvalue weighted by molar-refractivity contribution is -0.136. The molecule has 0 unspecified atom stereocenters. The number of carbonyl (C=O) groups is 1. The summed E-state index contributed by atoms with van der Waals surface area (Å²) in [4.78, 5) is 15.5. The first-order valence-corrected chi connectivity index (χ1v) is 6.19. The smallest absolute Gasteiger partial charge is 0.333 e. The Kier molecular flexibility index (Phi) is 4.15. The van der Waals surface area contributed by atoms with E-state index in [1.165, 1.54) is 7.11 Å². The number of aromatic nitrogens is 1. The summed E-state index contributed by atoms with van der Waals surface area (Å²) in [6, 6.07) is 7.88. The van der Waals surface area contributed by atoms with Crippen molar-refractivity contribution in [2.45, 2.75) is 6.92 Å². The number of nitrogens with two attached hydrogens (primary N) is 1. The number of hydrogen-bond donors (Lipinski definition) is 1. The summed E-state index contributed by atoms with van der Waals surface area (Å²) < 4.78 is 4.63. The zero-order chi connectivity index (χ0) is 14.5. The van der Waals surface area contributed by atoms with Crippen molar-refractivity contribution in [3.63, 3.8) is 0 Å². The summed E-state index contributed by atoms with van der Waals surface area (Å²) in [5.74, 6) is -0.370. The van der Waals surface area contributed by atoms with Crippen molar-refractivity contribution >= 4 is 22.4 Å². The van der Waals surface area contributed by atoms with Crippen molar-refractivity contribution < 1.29 is 9.53 Å². The van der Waals surface area contributed by atoms with Gasteiger partial charge in [0.1, 0.15) is 0 Å². The van der Waals surface area contributed by atoms with Gasteiger partial charge >= 0.3 is 5.97 Å². The van der Waals surface area contributed by atoms with Crippen molar-refractivity contribution in [3.8, 4) is 0 Å². The zero-order valence-corrected chi connectivity index (χ0v) is 11.5. The van der Waals surface area contributed by atoms with E-state index in [2.05, 4.69) is 9.72 Å². The first-order chi connectivity index (χ1) is 9.63. The number of allylic oxidation sites excluding steroid dienone is 2. The van der Waals surface area contributed by atoms with Gasteiger partial charge in [0.15, 0.2) is 0 Å². The lowest BCUT2D eigenvalue weighted by Crippen LogP contribution is -2.02. The average molecular weight is 268 g/mol. The SMILES string of the molecule is COC(=O)/C(C)=C/C=C(\N)c1cncc2ccccc12. The fraction of sp³-hybridized carbons (Fsp3) is 0.125. The van der Waals surface area contributed by atoms with Crippen molar-refractivity contribution in [1.29, 1.82) is 0 Å². The molecule has 2 aromatic rings. The van der Waals surface area contributed by atoms with Crippen LogP contribution in [0.5, 0.6) is 0 Å². The molecule has 1 aromatic heterocycles. The van der Waals surface area contributed by atoms with Crippen LogP contribution in [0.2, 0.25) is 0 Å². The first-order valence-electron chi connectivity index (χ1n) is 6.19. The minimum Gasteiger partial charge on any atom is -0.466 e. The Bertz CT molecular complexity index is 697. The van der Waals surface area contributed by atoms with Crippen LogP contribution in [0.1, 0.15) is 12.5 Å². The van der Waals surface area contributed by atoms with Crippen molar-refractivity contribution in [2.75, 3.05) is 7.11 Å². The Balaban J connectivity index is 2.41. The third-order valence-electron chi connectivity index (χ3n) is 3.00. The number of esters is 1. The third kappa shape index (κ3) is 2.85. The molecule has 0 amide bonds. The molecular weight excluding hydrogens is 252 g/mol. The van der Waals surface area contributed by atoms with Crippen LogP contribution in [0, 0.1) is 0 Å². The Morgan fingerprint density at radius 3 is 2.75 bits per heavy atom. The van der Waals surface area contributed by atoms with E-state index in [9.17, 15) is 4.79 Å². The lowest BCUT2D eigenvalue weighted by Gasteiger charge is -2.05. The van der Waals surface area contributed by atoms with Gasteiger partial charge in [-0.25, -0.2) is 4.79 Å². The van der Waals surface area contributed by atoms with E-state index >= 15 is 0 Å². The molecule has 1 heterocycles. The van der Waals surface area contributed by atoms with Gasteiger partial charge in [-0.2, -0.15) is 0 Å². The molecule has 1 aromatic carbocycles. The third-order valence-corrected chi connectivity index (χ3v) is 3.00. The van der Waals surface area contributed by atoms with Gasteiger partial charge in [-0.3, -0.25) is 4.98 Å². The predicted molar refractivity (Wildman–Crippen MR) is 79.7 cm³/mol. The van der Waals surface area contributed by atoms with E-state index in [0.29, 0.717) is 11.3 Å². The number of fused-ring (bicyclic) bond motifs is 1. The number of rotatable bonds is 3. The summed E-state index contributed by atoms with van der Waals surface area (Å²) in [6.07, 6.45) is 6.84. The van der Waals surface area contributed by atoms with Gasteiger partial charge in [0, 0.05) is 34.6 Å². The van der Waals surface area contributed by atoms with Crippen LogP contribution >= 0.6 is 0 Å². The maximum Gasteiger partial charge on any atom is 0.333 e. The number of carbonyl (C=O) groups excluding carboxylic acids is 1. The highest BCUT2D eigenvalue weighted by Crippen LogP contribution is 2.21. The van der Waals surface area contributed by atoms with Crippen molar-refractivity contribution in [1.82, 2.24) is 4.98 Å². The van der Waals surface area contributed by atoms with Crippen LogP contribution in [0.15, 0.2) is 54.4 Å². The maximum absolute atomic E-state index is 11.3. The summed E-state index contributed by atoms with van der Waals surface area (Å²) >= 11 is 0. The summed E-state index contributed by atoms with van der Waals surface area (Å²) in [5.41, 5.74) is 7.96. The van der Waals surface area contributed by atoms with Crippen LogP contribution in [-0.2, 0) is 9.53 Å². The largest absolute Gasteiger partial charge is 0.466 e. The highest BCUT2D eigenvalue weighted by molar-refractivity contribution is 5.93. The molecule has 4 heteroatoms. The second kappa shape index (κ2) is 6.02. The molecule has 0 bridgehead atoms. The van der Waals surface area contributed by atoms with Crippen LogP contribution in [0.25, 0.3) is 16.5 Å². The first kappa shape index (κ1) is 13.8. The molecule has 0 spiro atoms. The molecule has 2 rings (SSSR count). The molecule has 0 saturated carbocycles. The number of pyridine rings is 1. The average Bonchev–Trinajstić information content (AvgIpc) is 2.50. The fourth-order valence-corrected chi connectivity index (χ4v) is 1.88. The number of benzene rings is 1. The highest BCUT2D eigenvalue weighted by atomic mass is 16.5. The molecule has 0 atom stereocenters. The topological polar surface area (TPSA) is 65.2 Å².